The fourth-order valence-electron chi connectivity index (χ4n) is 1.57. The topological polar surface area (TPSA) is 19.6 Å². The number of hydrogen-bond donors (Lipinski definition) is 0. The maximum absolute atomic E-state index is 5.35. The third-order valence-corrected chi connectivity index (χ3v) is 2.98. The first-order chi connectivity index (χ1) is 6.77. The highest BCUT2D eigenvalue weighted by atomic mass is 32.1. The second-order valence-electron chi connectivity index (χ2n) is 3.57. The van der Waals surface area contributed by atoms with Crippen LogP contribution in [0.4, 0.5) is 0 Å². The molecule has 1 aliphatic heterocycles. The van der Waals surface area contributed by atoms with Crippen molar-refractivity contribution in [2.45, 2.75) is 0 Å². The van der Waals surface area contributed by atoms with E-state index in [1.54, 1.807) is 6.26 Å². The Labute approximate surface area is 89.3 Å². The van der Waals surface area contributed by atoms with E-state index in [1.165, 1.54) is 0 Å². The molecular formula is C10H14N2OS. The number of thiocarbonyl (C=S) groups is 1. The molecule has 0 N–H and O–H groups in total. The molecule has 76 valence electrons. The molecule has 0 atom stereocenters. The first kappa shape index (κ1) is 9.68. The summed E-state index contributed by atoms with van der Waals surface area (Å²) in [6.07, 6.45) is 1.66. The summed E-state index contributed by atoms with van der Waals surface area (Å²) in [5.41, 5.74) is 0. The van der Waals surface area contributed by atoms with Gasteiger partial charge in [0.05, 0.1) is 6.26 Å². The van der Waals surface area contributed by atoms with Crippen LogP contribution >= 0.6 is 12.2 Å². The Kier molecular flexibility index (Phi) is 2.84. The van der Waals surface area contributed by atoms with Crippen molar-refractivity contribution >= 4 is 17.2 Å². The molecule has 0 unspecified atom stereocenters. The second kappa shape index (κ2) is 4.11. The summed E-state index contributed by atoms with van der Waals surface area (Å²) in [6, 6.07) is 3.79. The van der Waals surface area contributed by atoms with Crippen LogP contribution in [0.25, 0.3) is 0 Å². The van der Waals surface area contributed by atoms with Crippen LogP contribution in [0.2, 0.25) is 0 Å². The molecule has 0 aromatic carbocycles. The molecule has 3 nitrogen and oxygen atoms in total. The van der Waals surface area contributed by atoms with Crippen molar-refractivity contribution in [3.63, 3.8) is 0 Å². The number of nitrogens with zero attached hydrogens (tertiary/aromatic N) is 2. The van der Waals surface area contributed by atoms with Gasteiger partial charge in [-0.05, 0) is 19.2 Å². The standard InChI is InChI=1S/C10H14N2OS/c1-11-4-6-12(7-5-11)10(14)9-3-2-8-13-9/h2-3,8H,4-7H2,1H3. The van der Waals surface area contributed by atoms with Crippen LogP contribution in [-0.2, 0) is 0 Å². The Hall–Kier alpha value is -0.870. The minimum Gasteiger partial charge on any atom is -0.462 e. The molecule has 1 aliphatic rings. The summed E-state index contributed by atoms with van der Waals surface area (Å²) in [5.74, 6) is 0.810. The predicted molar refractivity (Wildman–Crippen MR) is 59.5 cm³/mol. The van der Waals surface area contributed by atoms with Gasteiger partial charge in [0.1, 0.15) is 4.99 Å². The lowest BCUT2D eigenvalue weighted by Gasteiger charge is -2.33. The van der Waals surface area contributed by atoms with E-state index >= 15 is 0 Å². The molecule has 4 heteroatoms. The SMILES string of the molecule is CN1CCN(C(=S)c2ccco2)CC1. The van der Waals surface area contributed by atoms with Gasteiger partial charge in [0.2, 0.25) is 0 Å². The minimum atomic E-state index is 0.810. The molecule has 0 radical (unpaired) electrons. The smallest absolute Gasteiger partial charge is 0.161 e. The molecule has 0 amide bonds. The van der Waals surface area contributed by atoms with Gasteiger partial charge in [0, 0.05) is 26.2 Å². The molecule has 1 saturated heterocycles. The number of furan rings is 1. The van der Waals surface area contributed by atoms with Gasteiger partial charge < -0.3 is 14.2 Å². The Morgan fingerprint density at radius 1 is 1.36 bits per heavy atom. The van der Waals surface area contributed by atoms with E-state index in [4.69, 9.17) is 16.6 Å². The van der Waals surface area contributed by atoms with Crippen molar-refractivity contribution in [3.8, 4) is 0 Å². The highest BCUT2D eigenvalue weighted by Crippen LogP contribution is 2.09. The van der Waals surface area contributed by atoms with Crippen LogP contribution in [0.3, 0.4) is 0 Å². The maximum atomic E-state index is 5.35. The lowest BCUT2D eigenvalue weighted by Crippen LogP contribution is -2.46. The van der Waals surface area contributed by atoms with E-state index in [9.17, 15) is 0 Å². The third kappa shape index (κ3) is 1.96. The average Bonchev–Trinajstić information content (AvgIpc) is 2.71. The summed E-state index contributed by atoms with van der Waals surface area (Å²) in [4.78, 5) is 5.35. The van der Waals surface area contributed by atoms with Crippen molar-refractivity contribution in [3.05, 3.63) is 24.2 Å². The molecule has 14 heavy (non-hydrogen) atoms. The van der Waals surface area contributed by atoms with Gasteiger partial charge in [0.25, 0.3) is 0 Å². The summed E-state index contributed by atoms with van der Waals surface area (Å²) in [5, 5.41) is 0. The van der Waals surface area contributed by atoms with Crippen LogP contribution in [0, 0.1) is 0 Å². The van der Waals surface area contributed by atoms with Gasteiger partial charge in [-0.25, -0.2) is 0 Å². The number of rotatable bonds is 1. The van der Waals surface area contributed by atoms with Crippen molar-refractivity contribution in [1.82, 2.24) is 9.80 Å². The fraction of sp³-hybridized carbons (Fsp3) is 0.500. The van der Waals surface area contributed by atoms with Crippen molar-refractivity contribution < 1.29 is 4.42 Å². The van der Waals surface area contributed by atoms with E-state index in [1.807, 2.05) is 12.1 Å². The zero-order chi connectivity index (χ0) is 9.97. The Morgan fingerprint density at radius 2 is 2.07 bits per heavy atom. The van der Waals surface area contributed by atoms with Crippen LogP contribution in [0.5, 0.6) is 0 Å². The highest BCUT2D eigenvalue weighted by Gasteiger charge is 2.18. The molecule has 0 saturated carbocycles. The summed E-state index contributed by atoms with van der Waals surface area (Å²) in [7, 11) is 2.13. The quantitative estimate of drug-likeness (QED) is 0.649. The zero-order valence-corrected chi connectivity index (χ0v) is 9.09. The van der Waals surface area contributed by atoms with Gasteiger partial charge in [0.15, 0.2) is 5.76 Å². The fourth-order valence-corrected chi connectivity index (χ4v) is 1.86. The molecule has 2 rings (SSSR count). The number of piperazine rings is 1. The summed E-state index contributed by atoms with van der Waals surface area (Å²) in [6.45, 7) is 4.13. The normalized spacial score (nSPS) is 18.5. The van der Waals surface area contributed by atoms with Crippen molar-refractivity contribution in [2.75, 3.05) is 33.2 Å². The van der Waals surface area contributed by atoms with Gasteiger partial charge in [-0.3, -0.25) is 0 Å². The molecule has 1 fully saturated rings. The maximum Gasteiger partial charge on any atom is 0.161 e. The third-order valence-electron chi connectivity index (χ3n) is 2.52. The first-order valence-electron chi connectivity index (χ1n) is 4.79. The summed E-state index contributed by atoms with van der Waals surface area (Å²) >= 11 is 5.35. The minimum absolute atomic E-state index is 0.810. The lowest BCUT2D eigenvalue weighted by atomic mass is 10.3. The molecule has 1 aromatic rings. The average molecular weight is 210 g/mol. The molecule has 0 bridgehead atoms. The monoisotopic (exact) mass is 210 g/mol. The van der Waals surface area contributed by atoms with E-state index < -0.39 is 0 Å². The van der Waals surface area contributed by atoms with Crippen LogP contribution in [0.15, 0.2) is 22.8 Å². The molecule has 0 aliphatic carbocycles. The highest BCUT2D eigenvalue weighted by molar-refractivity contribution is 7.80. The molecule has 2 heterocycles. The molecular weight excluding hydrogens is 196 g/mol. The Balaban J connectivity index is 1.99. The zero-order valence-electron chi connectivity index (χ0n) is 8.27. The van der Waals surface area contributed by atoms with E-state index in [0.29, 0.717) is 0 Å². The molecule has 0 spiro atoms. The van der Waals surface area contributed by atoms with Crippen LogP contribution in [0.1, 0.15) is 5.76 Å². The van der Waals surface area contributed by atoms with Crippen molar-refractivity contribution in [1.29, 1.82) is 0 Å². The van der Waals surface area contributed by atoms with E-state index in [-0.39, 0.29) is 0 Å². The van der Waals surface area contributed by atoms with Crippen LogP contribution < -0.4 is 0 Å². The predicted octanol–water partition coefficient (Wildman–Crippen LogP) is 1.20. The van der Waals surface area contributed by atoms with E-state index in [2.05, 4.69) is 16.8 Å². The lowest BCUT2D eigenvalue weighted by molar-refractivity contribution is 0.216. The number of hydrogen-bond acceptors (Lipinski definition) is 3. The van der Waals surface area contributed by atoms with Gasteiger partial charge in [-0.15, -0.1) is 0 Å². The van der Waals surface area contributed by atoms with Gasteiger partial charge >= 0.3 is 0 Å². The number of likely N-dealkylation sites (N-methyl/N-ethyl adjacent to an activating group) is 1. The van der Waals surface area contributed by atoms with Crippen LogP contribution in [-0.4, -0.2) is 48.0 Å². The second-order valence-corrected chi connectivity index (χ2v) is 3.96. The van der Waals surface area contributed by atoms with E-state index in [0.717, 1.165) is 36.9 Å². The van der Waals surface area contributed by atoms with Gasteiger partial charge in [-0.2, -0.15) is 0 Å². The molecule has 1 aromatic heterocycles. The first-order valence-corrected chi connectivity index (χ1v) is 5.19. The Morgan fingerprint density at radius 3 is 2.64 bits per heavy atom. The van der Waals surface area contributed by atoms with Gasteiger partial charge in [-0.1, -0.05) is 12.2 Å². The largest absolute Gasteiger partial charge is 0.462 e. The van der Waals surface area contributed by atoms with Crippen molar-refractivity contribution in [2.24, 2.45) is 0 Å². The Bertz CT molecular complexity index is 302. The summed E-state index contributed by atoms with van der Waals surface area (Å²) < 4.78 is 5.28.